The molecule has 3 N–H and O–H groups in total. The van der Waals surface area contributed by atoms with Gasteiger partial charge in [0.05, 0.1) is 11.1 Å². The number of benzene rings is 2. The summed E-state index contributed by atoms with van der Waals surface area (Å²) in [4.78, 5) is 0. The molecule has 0 bridgehead atoms. The third kappa shape index (κ3) is 2.82. The topological polar surface area (TPSA) is 38.0 Å². The Labute approximate surface area is 114 Å². The van der Waals surface area contributed by atoms with E-state index in [-0.39, 0.29) is 11.1 Å². The SMILES string of the molecule is NNC(c1ccc(Cl)cc1)c1ccc(Cl)c(F)c1. The molecule has 2 nitrogen and oxygen atoms in total. The van der Waals surface area contributed by atoms with Crippen molar-refractivity contribution in [3.8, 4) is 0 Å². The molecule has 1 unspecified atom stereocenters. The van der Waals surface area contributed by atoms with Crippen LogP contribution in [0.2, 0.25) is 10.0 Å². The molecular formula is C13H11Cl2FN2. The van der Waals surface area contributed by atoms with Gasteiger partial charge < -0.3 is 0 Å². The Bertz CT molecular complexity index is 543. The van der Waals surface area contributed by atoms with Crippen LogP contribution in [-0.2, 0) is 0 Å². The van der Waals surface area contributed by atoms with Crippen molar-refractivity contribution >= 4 is 23.2 Å². The van der Waals surface area contributed by atoms with Crippen LogP contribution in [-0.4, -0.2) is 0 Å². The fourth-order valence-corrected chi connectivity index (χ4v) is 1.98. The Morgan fingerprint density at radius 1 is 1.00 bits per heavy atom. The predicted octanol–water partition coefficient (Wildman–Crippen LogP) is 3.69. The number of halogens is 3. The molecule has 0 fully saturated rings. The fraction of sp³-hybridized carbons (Fsp3) is 0.0769. The van der Waals surface area contributed by atoms with Crippen molar-refractivity contribution in [2.24, 2.45) is 5.84 Å². The first-order valence-corrected chi connectivity index (χ1v) is 6.04. The lowest BCUT2D eigenvalue weighted by Gasteiger charge is -2.17. The van der Waals surface area contributed by atoms with E-state index in [0.29, 0.717) is 10.6 Å². The predicted molar refractivity (Wildman–Crippen MR) is 72.0 cm³/mol. The van der Waals surface area contributed by atoms with Crippen LogP contribution in [0, 0.1) is 5.82 Å². The minimum atomic E-state index is -0.469. The quantitative estimate of drug-likeness (QED) is 0.666. The molecule has 0 saturated heterocycles. The second-order valence-electron chi connectivity index (χ2n) is 3.82. The maximum absolute atomic E-state index is 13.4. The summed E-state index contributed by atoms with van der Waals surface area (Å²) in [6.45, 7) is 0. The van der Waals surface area contributed by atoms with Crippen molar-refractivity contribution in [2.75, 3.05) is 0 Å². The average molecular weight is 285 g/mol. The molecule has 18 heavy (non-hydrogen) atoms. The Kier molecular flexibility index (Phi) is 4.19. The van der Waals surface area contributed by atoms with Crippen LogP contribution < -0.4 is 11.3 Å². The lowest BCUT2D eigenvalue weighted by Crippen LogP contribution is -2.28. The highest BCUT2D eigenvalue weighted by molar-refractivity contribution is 6.30. The van der Waals surface area contributed by atoms with E-state index in [2.05, 4.69) is 5.43 Å². The van der Waals surface area contributed by atoms with Gasteiger partial charge in [-0.25, -0.2) is 9.82 Å². The van der Waals surface area contributed by atoms with E-state index >= 15 is 0 Å². The number of hydrogen-bond donors (Lipinski definition) is 2. The number of hydrazine groups is 1. The normalized spacial score (nSPS) is 12.4. The van der Waals surface area contributed by atoms with E-state index < -0.39 is 5.82 Å². The van der Waals surface area contributed by atoms with Crippen LogP contribution in [0.15, 0.2) is 42.5 Å². The number of nitrogens with two attached hydrogens (primary N) is 1. The minimum absolute atomic E-state index is 0.0885. The Morgan fingerprint density at radius 3 is 2.17 bits per heavy atom. The van der Waals surface area contributed by atoms with E-state index in [4.69, 9.17) is 29.0 Å². The highest BCUT2D eigenvalue weighted by Gasteiger charge is 2.13. The summed E-state index contributed by atoms with van der Waals surface area (Å²) in [6.07, 6.45) is 0. The second-order valence-corrected chi connectivity index (χ2v) is 4.67. The van der Waals surface area contributed by atoms with E-state index in [1.807, 2.05) is 12.1 Å². The third-order valence-electron chi connectivity index (χ3n) is 2.65. The highest BCUT2D eigenvalue weighted by Crippen LogP contribution is 2.25. The molecule has 0 amide bonds. The van der Waals surface area contributed by atoms with Crippen LogP contribution in [0.25, 0.3) is 0 Å². The molecule has 1 atom stereocenters. The summed E-state index contributed by atoms with van der Waals surface area (Å²) < 4.78 is 13.4. The van der Waals surface area contributed by atoms with E-state index in [9.17, 15) is 4.39 Å². The maximum Gasteiger partial charge on any atom is 0.142 e. The molecular weight excluding hydrogens is 274 g/mol. The van der Waals surface area contributed by atoms with Gasteiger partial charge in [0.25, 0.3) is 0 Å². The molecule has 5 heteroatoms. The minimum Gasteiger partial charge on any atom is -0.271 e. The van der Waals surface area contributed by atoms with Crippen molar-refractivity contribution in [2.45, 2.75) is 6.04 Å². The van der Waals surface area contributed by atoms with Crippen molar-refractivity contribution in [1.29, 1.82) is 0 Å². The smallest absolute Gasteiger partial charge is 0.142 e. The number of nitrogens with one attached hydrogen (secondary N) is 1. The molecule has 0 saturated carbocycles. The molecule has 0 spiro atoms. The number of hydrogen-bond acceptors (Lipinski definition) is 2. The summed E-state index contributed by atoms with van der Waals surface area (Å²) in [6, 6.07) is 11.5. The van der Waals surface area contributed by atoms with Gasteiger partial charge in [-0.15, -0.1) is 0 Å². The molecule has 0 aliphatic carbocycles. The molecule has 0 aliphatic heterocycles. The lowest BCUT2D eigenvalue weighted by atomic mass is 9.99. The molecule has 94 valence electrons. The zero-order chi connectivity index (χ0) is 13.1. The first-order chi connectivity index (χ1) is 8.61. The van der Waals surface area contributed by atoms with E-state index in [0.717, 1.165) is 5.56 Å². The summed E-state index contributed by atoms with van der Waals surface area (Å²) in [7, 11) is 0. The molecule has 0 aromatic heterocycles. The van der Waals surface area contributed by atoms with Gasteiger partial charge in [0.1, 0.15) is 5.82 Å². The van der Waals surface area contributed by atoms with Gasteiger partial charge >= 0.3 is 0 Å². The summed E-state index contributed by atoms with van der Waals surface area (Å²) in [5.41, 5.74) is 4.24. The molecule has 2 aromatic carbocycles. The van der Waals surface area contributed by atoms with Crippen LogP contribution in [0.5, 0.6) is 0 Å². The molecule has 2 rings (SSSR count). The monoisotopic (exact) mass is 284 g/mol. The van der Waals surface area contributed by atoms with Crippen molar-refractivity contribution in [1.82, 2.24) is 5.43 Å². The fourth-order valence-electron chi connectivity index (χ4n) is 1.73. The molecule has 0 radical (unpaired) electrons. The zero-order valence-corrected chi connectivity index (χ0v) is 10.8. The summed E-state index contributed by atoms with van der Waals surface area (Å²) in [5, 5.41) is 0.724. The van der Waals surface area contributed by atoms with E-state index in [1.165, 1.54) is 12.1 Å². The van der Waals surface area contributed by atoms with Crippen molar-refractivity contribution in [3.63, 3.8) is 0 Å². The summed E-state index contributed by atoms with van der Waals surface area (Å²) in [5.74, 6) is 5.06. The first kappa shape index (κ1) is 13.3. The van der Waals surface area contributed by atoms with Gasteiger partial charge in [0, 0.05) is 5.02 Å². The molecule has 0 aliphatic rings. The highest BCUT2D eigenvalue weighted by atomic mass is 35.5. The van der Waals surface area contributed by atoms with Crippen molar-refractivity contribution < 1.29 is 4.39 Å². The van der Waals surface area contributed by atoms with Gasteiger partial charge in [-0.3, -0.25) is 5.84 Å². The largest absolute Gasteiger partial charge is 0.271 e. The second kappa shape index (κ2) is 5.67. The Morgan fingerprint density at radius 2 is 1.61 bits per heavy atom. The van der Waals surface area contributed by atoms with Crippen LogP contribution in [0.3, 0.4) is 0 Å². The Hall–Kier alpha value is -1.13. The standard InChI is InChI=1S/C13H11Cl2FN2/c14-10-4-1-8(2-5-10)13(18-17)9-3-6-11(15)12(16)7-9/h1-7,13,18H,17H2. The van der Waals surface area contributed by atoms with Crippen molar-refractivity contribution in [3.05, 3.63) is 69.5 Å². The first-order valence-electron chi connectivity index (χ1n) is 5.28. The third-order valence-corrected chi connectivity index (χ3v) is 3.21. The maximum atomic E-state index is 13.4. The molecule has 0 heterocycles. The van der Waals surface area contributed by atoms with Gasteiger partial charge in [-0.2, -0.15) is 0 Å². The van der Waals surface area contributed by atoms with Crippen LogP contribution in [0.4, 0.5) is 4.39 Å². The zero-order valence-electron chi connectivity index (χ0n) is 9.33. The van der Waals surface area contributed by atoms with Gasteiger partial charge in [0.15, 0.2) is 0 Å². The van der Waals surface area contributed by atoms with Gasteiger partial charge in [-0.05, 0) is 35.4 Å². The molecule has 2 aromatic rings. The van der Waals surface area contributed by atoms with Gasteiger partial charge in [0.2, 0.25) is 0 Å². The number of rotatable bonds is 3. The van der Waals surface area contributed by atoms with Gasteiger partial charge in [-0.1, -0.05) is 41.4 Å². The average Bonchev–Trinajstić information content (AvgIpc) is 2.37. The van der Waals surface area contributed by atoms with E-state index in [1.54, 1.807) is 18.2 Å². The lowest BCUT2D eigenvalue weighted by molar-refractivity contribution is 0.605. The Balaban J connectivity index is 2.38. The summed E-state index contributed by atoms with van der Waals surface area (Å²) >= 11 is 11.5. The van der Waals surface area contributed by atoms with Crippen LogP contribution in [0.1, 0.15) is 17.2 Å². The van der Waals surface area contributed by atoms with Crippen LogP contribution >= 0.6 is 23.2 Å².